The lowest BCUT2D eigenvalue weighted by atomic mass is 10.1. The van der Waals surface area contributed by atoms with Crippen molar-refractivity contribution in [1.29, 1.82) is 0 Å². The fourth-order valence-electron chi connectivity index (χ4n) is 2.47. The van der Waals surface area contributed by atoms with Gasteiger partial charge in [-0.3, -0.25) is 4.79 Å². The smallest absolute Gasteiger partial charge is 0.387 e. The zero-order chi connectivity index (χ0) is 20.9. The molecule has 0 radical (unpaired) electrons. The number of rotatable bonds is 8. The van der Waals surface area contributed by atoms with Crippen molar-refractivity contribution >= 4 is 15.9 Å². The van der Waals surface area contributed by atoms with Crippen LogP contribution in [0.15, 0.2) is 47.4 Å². The number of amides is 1. The molecule has 2 rings (SSSR count). The number of methoxy groups -OCH3 is 1. The molecule has 0 heterocycles. The van der Waals surface area contributed by atoms with Gasteiger partial charge in [-0.05, 0) is 49.0 Å². The highest BCUT2D eigenvalue weighted by molar-refractivity contribution is 7.89. The largest absolute Gasteiger partial charge is 0.493 e. The minimum absolute atomic E-state index is 0.0400. The number of alkyl halides is 2. The first-order valence-corrected chi connectivity index (χ1v) is 9.57. The van der Waals surface area contributed by atoms with Gasteiger partial charge in [-0.2, -0.15) is 8.78 Å². The molecule has 0 saturated carbocycles. The van der Waals surface area contributed by atoms with Gasteiger partial charge in [0.1, 0.15) is 0 Å². The quantitative estimate of drug-likeness (QED) is 0.717. The number of nitrogens with one attached hydrogen (secondary N) is 1. The van der Waals surface area contributed by atoms with E-state index in [9.17, 15) is 22.0 Å². The summed E-state index contributed by atoms with van der Waals surface area (Å²) in [5.74, 6) is -0.336. The Balaban J connectivity index is 2.16. The van der Waals surface area contributed by atoms with Gasteiger partial charge in [0, 0.05) is 19.2 Å². The van der Waals surface area contributed by atoms with E-state index in [-0.39, 0.29) is 34.4 Å². The van der Waals surface area contributed by atoms with Gasteiger partial charge in [-0.15, -0.1) is 0 Å². The first kappa shape index (κ1) is 21.6. The highest BCUT2D eigenvalue weighted by Crippen LogP contribution is 2.30. The number of benzene rings is 2. The Morgan fingerprint density at radius 1 is 1.14 bits per heavy atom. The second-order valence-electron chi connectivity index (χ2n) is 5.76. The van der Waals surface area contributed by atoms with Crippen molar-refractivity contribution in [3.63, 3.8) is 0 Å². The number of nitrogens with zero attached hydrogens (tertiary/aromatic N) is 1. The topological polar surface area (TPSA) is 84.9 Å². The van der Waals surface area contributed by atoms with Crippen molar-refractivity contribution in [3.8, 4) is 11.5 Å². The number of hydrogen-bond donors (Lipinski definition) is 1. The Labute approximate surface area is 161 Å². The third-order valence-electron chi connectivity index (χ3n) is 3.89. The van der Waals surface area contributed by atoms with Gasteiger partial charge < -0.3 is 14.4 Å². The van der Waals surface area contributed by atoms with Gasteiger partial charge in [0.15, 0.2) is 11.5 Å². The normalized spacial score (nSPS) is 11.4. The molecule has 0 fully saturated rings. The molecule has 0 bridgehead atoms. The molecule has 0 atom stereocenters. The maximum Gasteiger partial charge on any atom is 0.387 e. The van der Waals surface area contributed by atoms with Crippen molar-refractivity contribution < 1.29 is 31.5 Å². The molecule has 0 saturated heterocycles. The summed E-state index contributed by atoms with van der Waals surface area (Å²) in [6, 6.07) is 9.94. The molecular formula is C18H20F2N2O5S. The van der Waals surface area contributed by atoms with Crippen molar-refractivity contribution in [1.82, 2.24) is 9.62 Å². The van der Waals surface area contributed by atoms with E-state index in [0.29, 0.717) is 5.56 Å². The van der Waals surface area contributed by atoms with Gasteiger partial charge in [-0.25, -0.2) is 13.1 Å². The van der Waals surface area contributed by atoms with E-state index in [4.69, 9.17) is 4.74 Å². The van der Waals surface area contributed by atoms with Crippen LogP contribution in [0.2, 0.25) is 0 Å². The fraction of sp³-hybridized carbons (Fsp3) is 0.278. The summed E-state index contributed by atoms with van der Waals surface area (Å²) in [4.78, 5) is 14.0. The van der Waals surface area contributed by atoms with Gasteiger partial charge in [-0.1, -0.05) is 6.07 Å². The van der Waals surface area contributed by atoms with E-state index in [1.54, 1.807) is 13.1 Å². The lowest BCUT2D eigenvalue weighted by molar-refractivity contribution is -0.0512. The Hall–Kier alpha value is -2.72. The van der Waals surface area contributed by atoms with Gasteiger partial charge in [0.25, 0.3) is 5.91 Å². The first-order valence-electron chi connectivity index (χ1n) is 8.08. The van der Waals surface area contributed by atoms with Crippen LogP contribution in [0.4, 0.5) is 8.78 Å². The molecule has 0 aliphatic heterocycles. The van der Waals surface area contributed by atoms with Crippen LogP contribution in [0.3, 0.4) is 0 Å². The molecule has 28 heavy (non-hydrogen) atoms. The van der Waals surface area contributed by atoms with Crippen LogP contribution in [-0.4, -0.2) is 47.0 Å². The molecule has 2 aromatic rings. The summed E-state index contributed by atoms with van der Waals surface area (Å²) in [5.41, 5.74) is 0.844. The summed E-state index contributed by atoms with van der Waals surface area (Å²) in [6.45, 7) is -2.88. The van der Waals surface area contributed by atoms with Crippen molar-refractivity contribution in [3.05, 3.63) is 53.6 Å². The molecule has 0 spiro atoms. The zero-order valence-corrected chi connectivity index (χ0v) is 16.3. The summed E-state index contributed by atoms with van der Waals surface area (Å²) in [7, 11) is 0.576. The fourth-order valence-corrected chi connectivity index (χ4v) is 3.20. The maximum absolute atomic E-state index is 12.6. The molecule has 1 N–H and O–H groups in total. The highest BCUT2D eigenvalue weighted by atomic mass is 32.2. The lowest BCUT2D eigenvalue weighted by Crippen LogP contribution is -2.26. The molecule has 7 nitrogen and oxygen atoms in total. The minimum Gasteiger partial charge on any atom is -0.493 e. The van der Waals surface area contributed by atoms with E-state index in [1.807, 2.05) is 0 Å². The number of sulfonamides is 1. The molecule has 10 heteroatoms. The predicted molar refractivity (Wildman–Crippen MR) is 98.1 cm³/mol. The molecule has 0 aromatic heterocycles. The van der Waals surface area contributed by atoms with Gasteiger partial charge >= 0.3 is 6.61 Å². The first-order chi connectivity index (χ1) is 13.2. The summed E-state index contributed by atoms with van der Waals surface area (Å²) < 4.78 is 60.1. The van der Waals surface area contributed by atoms with Crippen LogP contribution in [0.5, 0.6) is 11.5 Å². The van der Waals surface area contributed by atoms with Crippen LogP contribution < -0.4 is 14.2 Å². The SMILES string of the molecule is CNS(=O)(=O)c1ccc(C(=O)N(C)Cc2ccc(OC)c(OC(F)F)c2)cc1. The number of hydrogen-bond acceptors (Lipinski definition) is 5. The van der Waals surface area contributed by atoms with E-state index in [2.05, 4.69) is 9.46 Å². The average Bonchev–Trinajstić information content (AvgIpc) is 2.67. The van der Waals surface area contributed by atoms with Crippen molar-refractivity contribution in [2.75, 3.05) is 21.2 Å². The average molecular weight is 414 g/mol. The lowest BCUT2D eigenvalue weighted by Gasteiger charge is -2.19. The second-order valence-corrected chi connectivity index (χ2v) is 7.64. The van der Waals surface area contributed by atoms with Crippen molar-refractivity contribution in [2.24, 2.45) is 0 Å². The summed E-state index contributed by atoms with van der Waals surface area (Å²) in [5, 5.41) is 0. The van der Waals surface area contributed by atoms with Crippen LogP contribution in [0.25, 0.3) is 0 Å². The number of halogens is 2. The number of ether oxygens (including phenoxy) is 2. The van der Waals surface area contributed by atoms with E-state index in [0.717, 1.165) is 0 Å². The molecule has 0 unspecified atom stereocenters. The molecule has 0 aliphatic carbocycles. The Bertz CT molecular complexity index is 933. The van der Waals surface area contributed by atoms with Crippen LogP contribution in [0.1, 0.15) is 15.9 Å². The summed E-state index contributed by atoms with van der Waals surface area (Å²) >= 11 is 0. The molecular weight excluding hydrogens is 394 g/mol. The molecule has 2 aromatic carbocycles. The standard InChI is InChI=1S/C18H20F2N2O5S/c1-21-28(24,25)14-7-5-13(6-8-14)17(23)22(2)11-12-4-9-15(26-3)16(10-12)27-18(19)20/h4-10,18,21H,11H2,1-3H3. The van der Waals surface area contributed by atoms with E-state index in [1.165, 1.54) is 55.5 Å². The maximum atomic E-state index is 12.6. The zero-order valence-electron chi connectivity index (χ0n) is 15.5. The monoisotopic (exact) mass is 414 g/mol. The highest BCUT2D eigenvalue weighted by Gasteiger charge is 2.17. The van der Waals surface area contributed by atoms with E-state index < -0.39 is 16.6 Å². The summed E-state index contributed by atoms with van der Waals surface area (Å²) in [6.07, 6.45) is 0. The predicted octanol–water partition coefficient (Wildman–Crippen LogP) is 2.48. The molecule has 1 amide bonds. The third-order valence-corrected chi connectivity index (χ3v) is 5.32. The number of carbonyl (C=O) groups excluding carboxylic acids is 1. The molecule has 152 valence electrons. The second kappa shape index (κ2) is 8.98. The van der Waals surface area contributed by atoms with E-state index >= 15 is 0 Å². The van der Waals surface area contributed by atoms with Crippen LogP contribution >= 0.6 is 0 Å². The van der Waals surface area contributed by atoms with Crippen LogP contribution in [0, 0.1) is 0 Å². The Kier molecular flexibility index (Phi) is 6.92. The molecule has 0 aliphatic rings. The Morgan fingerprint density at radius 2 is 1.79 bits per heavy atom. The van der Waals surface area contributed by atoms with Crippen molar-refractivity contribution in [2.45, 2.75) is 18.1 Å². The van der Waals surface area contributed by atoms with Gasteiger partial charge in [0.05, 0.1) is 12.0 Å². The number of carbonyl (C=O) groups is 1. The Morgan fingerprint density at radius 3 is 2.32 bits per heavy atom. The van der Waals surface area contributed by atoms with Gasteiger partial charge in [0.2, 0.25) is 10.0 Å². The third kappa shape index (κ3) is 5.17. The van der Waals surface area contributed by atoms with Crippen LogP contribution in [-0.2, 0) is 16.6 Å². The minimum atomic E-state index is -3.59.